The Morgan fingerprint density at radius 3 is 2.45 bits per heavy atom. The molecule has 2 N–H and O–H groups in total. The van der Waals surface area contributed by atoms with Gasteiger partial charge in [0.25, 0.3) is 0 Å². The van der Waals surface area contributed by atoms with E-state index in [4.69, 9.17) is 4.74 Å². The van der Waals surface area contributed by atoms with Crippen molar-refractivity contribution in [1.29, 1.82) is 0 Å². The molecule has 0 radical (unpaired) electrons. The lowest BCUT2D eigenvalue weighted by atomic mass is 10.3. The number of nitrogens with zero attached hydrogens (tertiary/aromatic N) is 4. The summed E-state index contributed by atoms with van der Waals surface area (Å²) in [6, 6.07) is 0.596. The first kappa shape index (κ1) is 16.4. The Kier molecular flexibility index (Phi) is 7.00. The van der Waals surface area contributed by atoms with Crippen molar-refractivity contribution in [3.05, 3.63) is 0 Å². The minimum atomic E-state index is 0.237. The third kappa shape index (κ3) is 6.01. The first-order valence-electron chi connectivity index (χ1n) is 7.09. The second-order valence-corrected chi connectivity index (χ2v) is 4.95. The van der Waals surface area contributed by atoms with Crippen LogP contribution in [0.2, 0.25) is 0 Å². The molecular weight excluding hydrogens is 256 g/mol. The number of anilines is 2. The summed E-state index contributed by atoms with van der Waals surface area (Å²) >= 11 is 0. The summed E-state index contributed by atoms with van der Waals surface area (Å²) in [7, 11) is 4.07. The zero-order chi connectivity index (χ0) is 15.0. The Labute approximate surface area is 121 Å². The molecule has 0 spiro atoms. The molecular formula is C13H26N6O. The number of nitrogens with one attached hydrogen (secondary N) is 2. The molecule has 0 aromatic carbocycles. The van der Waals surface area contributed by atoms with Gasteiger partial charge in [-0.05, 0) is 34.4 Å². The van der Waals surface area contributed by atoms with Crippen LogP contribution in [0.4, 0.5) is 11.9 Å². The van der Waals surface area contributed by atoms with E-state index in [9.17, 15) is 0 Å². The van der Waals surface area contributed by atoms with E-state index in [0.29, 0.717) is 24.5 Å². The van der Waals surface area contributed by atoms with Crippen molar-refractivity contribution < 1.29 is 4.74 Å². The lowest BCUT2D eigenvalue weighted by Gasteiger charge is -2.18. The van der Waals surface area contributed by atoms with Gasteiger partial charge in [-0.1, -0.05) is 6.92 Å². The van der Waals surface area contributed by atoms with Crippen LogP contribution >= 0.6 is 0 Å². The molecule has 0 aliphatic heterocycles. The second kappa shape index (κ2) is 8.52. The summed E-state index contributed by atoms with van der Waals surface area (Å²) in [5.41, 5.74) is 0. The van der Waals surface area contributed by atoms with Gasteiger partial charge in [-0.15, -0.1) is 0 Å². The highest BCUT2D eigenvalue weighted by molar-refractivity contribution is 5.36. The van der Waals surface area contributed by atoms with Gasteiger partial charge >= 0.3 is 6.01 Å². The van der Waals surface area contributed by atoms with Gasteiger partial charge in [0.2, 0.25) is 11.9 Å². The van der Waals surface area contributed by atoms with Crippen molar-refractivity contribution in [2.24, 2.45) is 0 Å². The van der Waals surface area contributed by atoms with Crippen molar-refractivity contribution in [2.45, 2.75) is 33.2 Å². The highest BCUT2D eigenvalue weighted by atomic mass is 16.5. The Morgan fingerprint density at radius 2 is 1.85 bits per heavy atom. The van der Waals surface area contributed by atoms with Crippen LogP contribution in [0.1, 0.15) is 27.2 Å². The van der Waals surface area contributed by atoms with Crippen LogP contribution < -0.4 is 15.4 Å². The average molecular weight is 282 g/mol. The monoisotopic (exact) mass is 282 g/mol. The van der Waals surface area contributed by atoms with Crippen molar-refractivity contribution in [3.8, 4) is 6.01 Å². The first-order valence-corrected chi connectivity index (χ1v) is 7.09. The van der Waals surface area contributed by atoms with Gasteiger partial charge in [-0.25, -0.2) is 0 Å². The molecule has 20 heavy (non-hydrogen) atoms. The quantitative estimate of drug-likeness (QED) is 0.710. The highest BCUT2D eigenvalue weighted by Crippen LogP contribution is 2.12. The maximum absolute atomic E-state index is 5.49. The van der Waals surface area contributed by atoms with E-state index in [1.54, 1.807) is 0 Å². The predicted molar refractivity (Wildman–Crippen MR) is 81.4 cm³/mol. The third-order valence-corrected chi connectivity index (χ3v) is 2.40. The molecule has 1 unspecified atom stereocenters. The maximum atomic E-state index is 5.49. The largest absolute Gasteiger partial charge is 0.463 e. The molecule has 7 nitrogen and oxygen atoms in total. The molecule has 1 atom stereocenters. The number of aromatic nitrogens is 3. The normalized spacial score (nSPS) is 12.3. The minimum absolute atomic E-state index is 0.237. The SMILES string of the molecule is CCCOc1nc(NCC)nc(NC(C)CN(C)C)n1. The Hall–Kier alpha value is -1.63. The number of likely N-dealkylation sites (N-methyl/N-ethyl adjacent to an activating group) is 1. The van der Waals surface area contributed by atoms with E-state index in [0.717, 1.165) is 19.5 Å². The van der Waals surface area contributed by atoms with Crippen molar-refractivity contribution in [2.75, 3.05) is 44.4 Å². The van der Waals surface area contributed by atoms with E-state index in [2.05, 4.69) is 37.4 Å². The molecule has 0 saturated heterocycles. The summed E-state index contributed by atoms with van der Waals surface area (Å²) in [5, 5.41) is 6.35. The third-order valence-electron chi connectivity index (χ3n) is 2.40. The van der Waals surface area contributed by atoms with Crippen LogP contribution in [-0.2, 0) is 0 Å². The van der Waals surface area contributed by atoms with Crippen molar-refractivity contribution >= 4 is 11.9 Å². The lowest BCUT2D eigenvalue weighted by Crippen LogP contribution is -2.30. The molecule has 0 saturated carbocycles. The molecule has 0 amide bonds. The van der Waals surface area contributed by atoms with Crippen LogP contribution in [0.15, 0.2) is 0 Å². The van der Waals surface area contributed by atoms with Gasteiger partial charge < -0.3 is 20.3 Å². The zero-order valence-electron chi connectivity index (χ0n) is 13.1. The van der Waals surface area contributed by atoms with Crippen LogP contribution in [0.25, 0.3) is 0 Å². The van der Waals surface area contributed by atoms with E-state index >= 15 is 0 Å². The van der Waals surface area contributed by atoms with E-state index < -0.39 is 0 Å². The van der Waals surface area contributed by atoms with Gasteiger partial charge in [0.1, 0.15) is 0 Å². The molecule has 1 heterocycles. The fourth-order valence-corrected chi connectivity index (χ4v) is 1.73. The van der Waals surface area contributed by atoms with Crippen LogP contribution in [0, 0.1) is 0 Å². The first-order chi connectivity index (χ1) is 9.55. The molecule has 1 aromatic rings. The van der Waals surface area contributed by atoms with Crippen LogP contribution in [0.5, 0.6) is 6.01 Å². The fourth-order valence-electron chi connectivity index (χ4n) is 1.73. The topological polar surface area (TPSA) is 75.2 Å². The Balaban J connectivity index is 2.79. The number of ether oxygens (including phenoxy) is 1. The van der Waals surface area contributed by atoms with E-state index in [1.807, 2.05) is 27.9 Å². The Bertz CT molecular complexity index is 398. The summed E-state index contributed by atoms with van der Waals surface area (Å²) in [6.07, 6.45) is 0.919. The number of hydrogen-bond acceptors (Lipinski definition) is 7. The summed E-state index contributed by atoms with van der Waals surface area (Å²) < 4.78 is 5.49. The zero-order valence-corrected chi connectivity index (χ0v) is 13.1. The molecule has 0 bridgehead atoms. The lowest BCUT2D eigenvalue weighted by molar-refractivity contribution is 0.292. The predicted octanol–water partition coefficient (Wildman–Crippen LogP) is 1.45. The molecule has 0 aliphatic rings. The molecule has 7 heteroatoms. The van der Waals surface area contributed by atoms with E-state index in [1.165, 1.54) is 0 Å². The molecule has 0 aliphatic carbocycles. The van der Waals surface area contributed by atoms with Crippen molar-refractivity contribution in [1.82, 2.24) is 19.9 Å². The van der Waals surface area contributed by atoms with Gasteiger partial charge in [0, 0.05) is 19.1 Å². The second-order valence-electron chi connectivity index (χ2n) is 4.95. The van der Waals surface area contributed by atoms with Crippen LogP contribution in [-0.4, -0.2) is 59.7 Å². The Morgan fingerprint density at radius 1 is 1.15 bits per heavy atom. The van der Waals surface area contributed by atoms with Gasteiger partial charge in [-0.2, -0.15) is 15.0 Å². The fraction of sp³-hybridized carbons (Fsp3) is 0.769. The summed E-state index contributed by atoms with van der Waals surface area (Å²) in [5.74, 6) is 1.07. The van der Waals surface area contributed by atoms with Crippen molar-refractivity contribution in [3.63, 3.8) is 0 Å². The van der Waals surface area contributed by atoms with E-state index in [-0.39, 0.29) is 6.04 Å². The number of hydrogen-bond donors (Lipinski definition) is 2. The maximum Gasteiger partial charge on any atom is 0.323 e. The molecule has 0 fully saturated rings. The van der Waals surface area contributed by atoms with Gasteiger partial charge in [-0.3, -0.25) is 0 Å². The van der Waals surface area contributed by atoms with Gasteiger partial charge in [0.15, 0.2) is 0 Å². The number of rotatable bonds is 9. The average Bonchev–Trinajstić information content (AvgIpc) is 2.35. The smallest absolute Gasteiger partial charge is 0.323 e. The summed E-state index contributed by atoms with van der Waals surface area (Å²) in [6.45, 7) is 8.38. The molecule has 1 rings (SSSR count). The minimum Gasteiger partial charge on any atom is -0.463 e. The van der Waals surface area contributed by atoms with Gasteiger partial charge in [0.05, 0.1) is 6.61 Å². The molecule has 1 aromatic heterocycles. The van der Waals surface area contributed by atoms with Crippen LogP contribution in [0.3, 0.4) is 0 Å². The standard InChI is InChI=1S/C13H26N6O/c1-6-8-20-13-17-11(14-7-2)16-12(18-13)15-10(3)9-19(4)5/h10H,6-9H2,1-5H3,(H2,14,15,16,17,18). The highest BCUT2D eigenvalue weighted by Gasteiger charge is 2.10. The molecule has 114 valence electrons. The summed E-state index contributed by atoms with van der Waals surface area (Å²) in [4.78, 5) is 15.0.